The molecule has 4 nitrogen and oxygen atoms in total. The summed E-state index contributed by atoms with van der Waals surface area (Å²) in [7, 11) is 1.70. The molecule has 3 rings (SSSR count). The maximum absolute atomic E-state index is 12.3. The van der Waals surface area contributed by atoms with E-state index in [2.05, 4.69) is 22.3 Å². The highest BCUT2D eigenvalue weighted by Gasteiger charge is 2.24. The summed E-state index contributed by atoms with van der Waals surface area (Å²) >= 11 is 0. The summed E-state index contributed by atoms with van der Waals surface area (Å²) in [6, 6.07) is 8.52. The SMILES string of the molecule is COc1cccc(C(CNC(=O)CCC2CCCC2)N2CCCC2)c1. The van der Waals surface area contributed by atoms with Crippen LogP contribution in [0.3, 0.4) is 0 Å². The van der Waals surface area contributed by atoms with Gasteiger partial charge in [-0.15, -0.1) is 0 Å². The van der Waals surface area contributed by atoms with Crippen molar-refractivity contribution in [2.75, 3.05) is 26.7 Å². The van der Waals surface area contributed by atoms with Crippen molar-refractivity contribution >= 4 is 5.91 Å². The Labute approximate surface area is 151 Å². The van der Waals surface area contributed by atoms with E-state index >= 15 is 0 Å². The lowest BCUT2D eigenvalue weighted by atomic mass is 10.0. The van der Waals surface area contributed by atoms with Crippen LogP contribution in [0.1, 0.15) is 63.0 Å². The van der Waals surface area contributed by atoms with Crippen LogP contribution in [-0.4, -0.2) is 37.6 Å². The molecular weight excluding hydrogens is 312 g/mol. The first-order valence-corrected chi connectivity index (χ1v) is 9.91. The van der Waals surface area contributed by atoms with Crippen LogP contribution in [0.2, 0.25) is 0 Å². The first-order valence-electron chi connectivity index (χ1n) is 9.91. The first-order chi connectivity index (χ1) is 12.3. The molecule has 1 saturated heterocycles. The van der Waals surface area contributed by atoms with Gasteiger partial charge in [0.2, 0.25) is 5.91 Å². The lowest BCUT2D eigenvalue weighted by molar-refractivity contribution is -0.121. The Morgan fingerprint density at radius 3 is 2.72 bits per heavy atom. The van der Waals surface area contributed by atoms with Crippen molar-refractivity contribution in [3.8, 4) is 5.75 Å². The molecule has 1 aliphatic heterocycles. The molecule has 138 valence electrons. The zero-order chi connectivity index (χ0) is 17.5. The molecule has 0 spiro atoms. The molecule has 0 radical (unpaired) electrons. The van der Waals surface area contributed by atoms with E-state index in [4.69, 9.17) is 4.74 Å². The van der Waals surface area contributed by atoms with Crippen LogP contribution >= 0.6 is 0 Å². The largest absolute Gasteiger partial charge is 0.497 e. The Morgan fingerprint density at radius 2 is 2.00 bits per heavy atom. The molecule has 2 fully saturated rings. The Bertz CT molecular complexity index is 549. The van der Waals surface area contributed by atoms with E-state index in [0.717, 1.165) is 31.2 Å². The number of carbonyl (C=O) groups excluding carboxylic acids is 1. The molecule has 1 aliphatic carbocycles. The first kappa shape index (κ1) is 18.2. The van der Waals surface area contributed by atoms with E-state index in [1.807, 2.05) is 12.1 Å². The molecule has 2 aliphatic rings. The topological polar surface area (TPSA) is 41.6 Å². The van der Waals surface area contributed by atoms with Crippen molar-refractivity contribution in [3.63, 3.8) is 0 Å². The molecule has 1 amide bonds. The molecule has 0 bridgehead atoms. The number of amides is 1. The van der Waals surface area contributed by atoms with Crippen molar-refractivity contribution in [3.05, 3.63) is 29.8 Å². The van der Waals surface area contributed by atoms with E-state index in [0.29, 0.717) is 13.0 Å². The molecular formula is C21H32N2O2. The fraction of sp³-hybridized carbons (Fsp3) is 0.667. The van der Waals surface area contributed by atoms with Crippen LogP contribution in [-0.2, 0) is 4.79 Å². The average Bonchev–Trinajstić information content (AvgIpc) is 3.34. The number of rotatable bonds is 8. The van der Waals surface area contributed by atoms with Gasteiger partial charge in [0.25, 0.3) is 0 Å². The lowest BCUT2D eigenvalue weighted by Crippen LogP contribution is -2.36. The van der Waals surface area contributed by atoms with Crippen LogP contribution in [0.15, 0.2) is 24.3 Å². The van der Waals surface area contributed by atoms with E-state index in [9.17, 15) is 4.79 Å². The Kier molecular flexibility index (Phi) is 6.74. The Morgan fingerprint density at radius 1 is 1.24 bits per heavy atom. The van der Waals surface area contributed by atoms with Gasteiger partial charge in [-0.05, 0) is 56.0 Å². The molecule has 1 heterocycles. The second-order valence-electron chi connectivity index (χ2n) is 7.53. The number of benzene rings is 1. The van der Waals surface area contributed by atoms with Gasteiger partial charge in [-0.1, -0.05) is 37.8 Å². The van der Waals surface area contributed by atoms with Gasteiger partial charge in [-0.25, -0.2) is 0 Å². The van der Waals surface area contributed by atoms with Crippen molar-refractivity contribution in [2.24, 2.45) is 5.92 Å². The summed E-state index contributed by atoms with van der Waals surface area (Å²) in [5.41, 5.74) is 1.23. The van der Waals surface area contributed by atoms with Crippen molar-refractivity contribution in [2.45, 2.75) is 57.4 Å². The quantitative estimate of drug-likeness (QED) is 0.777. The van der Waals surface area contributed by atoms with Crippen LogP contribution < -0.4 is 10.1 Å². The van der Waals surface area contributed by atoms with E-state index < -0.39 is 0 Å². The molecule has 1 aromatic rings. The monoisotopic (exact) mass is 344 g/mol. The van der Waals surface area contributed by atoms with Gasteiger partial charge in [-0.2, -0.15) is 0 Å². The molecule has 4 heteroatoms. The Hall–Kier alpha value is -1.55. The minimum absolute atomic E-state index is 0.207. The van der Waals surface area contributed by atoms with Gasteiger partial charge in [0, 0.05) is 13.0 Å². The smallest absolute Gasteiger partial charge is 0.220 e. The minimum Gasteiger partial charge on any atom is -0.497 e. The average molecular weight is 344 g/mol. The molecule has 1 atom stereocenters. The molecule has 1 N–H and O–H groups in total. The summed E-state index contributed by atoms with van der Waals surface area (Å²) in [5.74, 6) is 1.87. The molecule has 0 aromatic heterocycles. The highest BCUT2D eigenvalue weighted by molar-refractivity contribution is 5.75. The minimum atomic E-state index is 0.207. The number of nitrogens with one attached hydrogen (secondary N) is 1. The number of methoxy groups -OCH3 is 1. The summed E-state index contributed by atoms with van der Waals surface area (Å²) in [5, 5.41) is 3.20. The number of carbonyl (C=O) groups is 1. The van der Waals surface area contributed by atoms with Gasteiger partial charge in [0.1, 0.15) is 5.75 Å². The van der Waals surface area contributed by atoms with Crippen LogP contribution in [0.5, 0.6) is 5.75 Å². The molecule has 25 heavy (non-hydrogen) atoms. The second kappa shape index (κ2) is 9.23. The molecule has 1 unspecified atom stereocenters. The van der Waals surface area contributed by atoms with Crippen molar-refractivity contribution in [1.29, 1.82) is 0 Å². The summed E-state index contributed by atoms with van der Waals surface area (Å²) in [4.78, 5) is 14.8. The molecule has 1 saturated carbocycles. The number of hydrogen-bond acceptors (Lipinski definition) is 3. The van der Waals surface area contributed by atoms with Crippen LogP contribution in [0, 0.1) is 5.92 Å². The predicted octanol–water partition coefficient (Wildman–Crippen LogP) is 3.92. The Balaban J connectivity index is 1.56. The van der Waals surface area contributed by atoms with E-state index in [1.165, 1.54) is 44.1 Å². The van der Waals surface area contributed by atoms with Crippen LogP contribution in [0.4, 0.5) is 0 Å². The summed E-state index contributed by atoms with van der Waals surface area (Å²) in [6.07, 6.45) is 9.54. The van der Waals surface area contributed by atoms with Gasteiger partial charge < -0.3 is 10.1 Å². The zero-order valence-electron chi connectivity index (χ0n) is 15.5. The van der Waals surface area contributed by atoms with Gasteiger partial charge in [0.15, 0.2) is 0 Å². The van der Waals surface area contributed by atoms with Gasteiger partial charge >= 0.3 is 0 Å². The summed E-state index contributed by atoms with van der Waals surface area (Å²) < 4.78 is 5.38. The second-order valence-corrected chi connectivity index (χ2v) is 7.53. The highest BCUT2D eigenvalue weighted by Crippen LogP contribution is 2.29. The third-order valence-corrected chi connectivity index (χ3v) is 5.81. The van der Waals surface area contributed by atoms with E-state index in [-0.39, 0.29) is 11.9 Å². The third kappa shape index (κ3) is 5.21. The maximum atomic E-state index is 12.3. The lowest BCUT2D eigenvalue weighted by Gasteiger charge is -2.28. The molecule has 1 aromatic carbocycles. The van der Waals surface area contributed by atoms with Gasteiger partial charge in [0.05, 0.1) is 13.2 Å². The van der Waals surface area contributed by atoms with Crippen molar-refractivity contribution in [1.82, 2.24) is 10.2 Å². The highest BCUT2D eigenvalue weighted by atomic mass is 16.5. The van der Waals surface area contributed by atoms with E-state index in [1.54, 1.807) is 7.11 Å². The number of likely N-dealkylation sites (tertiary alicyclic amines) is 1. The number of ether oxygens (including phenoxy) is 1. The summed E-state index contributed by atoms with van der Waals surface area (Å²) in [6.45, 7) is 2.91. The van der Waals surface area contributed by atoms with Crippen LogP contribution in [0.25, 0.3) is 0 Å². The number of hydrogen-bond donors (Lipinski definition) is 1. The standard InChI is InChI=1S/C21H32N2O2/c1-25-19-10-6-9-18(15-19)20(23-13-4-5-14-23)16-22-21(24)12-11-17-7-2-3-8-17/h6,9-10,15,17,20H,2-5,7-8,11-14,16H2,1H3,(H,22,24). The predicted molar refractivity (Wildman–Crippen MR) is 101 cm³/mol. The van der Waals surface area contributed by atoms with Crippen molar-refractivity contribution < 1.29 is 9.53 Å². The third-order valence-electron chi connectivity index (χ3n) is 5.81. The maximum Gasteiger partial charge on any atom is 0.220 e. The fourth-order valence-electron chi connectivity index (χ4n) is 4.29. The van der Waals surface area contributed by atoms with Gasteiger partial charge in [-0.3, -0.25) is 9.69 Å². The zero-order valence-corrected chi connectivity index (χ0v) is 15.5. The normalized spacial score (nSPS) is 19.9. The number of nitrogens with zero attached hydrogens (tertiary/aromatic N) is 1. The fourth-order valence-corrected chi connectivity index (χ4v) is 4.29.